The van der Waals surface area contributed by atoms with Crippen LogP contribution in [0.25, 0.3) is 0 Å². The number of amides is 1. The lowest BCUT2D eigenvalue weighted by molar-refractivity contribution is -0.117. The zero-order chi connectivity index (χ0) is 12.4. The average Bonchev–Trinajstić information content (AvgIpc) is 2.55. The van der Waals surface area contributed by atoms with Gasteiger partial charge >= 0.3 is 0 Å². The van der Waals surface area contributed by atoms with E-state index in [1.807, 2.05) is 11.6 Å². The van der Waals surface area contributed by atoms with Gasteiger partial charge < -0.3 is 0 Å². The largest absolute Gasteiger partial charge is 0.296 e. The zero-order valence-corrected chi connectivity index (χ0v) is 10.4. The Bertz CT molecular complexity index is 474. The van der Waals surface area contributed by atoms with Crippen molar-refractivity contribution < 1.29 is 4.79 Å². The summed E-state index contributed by atoms with van der Waals surface area (Å²) >= 11 is 0. The standard InChI is InChI=1S/C11H17N5O/c1-4-5-10-13-7(2)9-6-12-11(14-8(3)17)15-16(9)10/h4-6H2,1-3H3,(H2,12,14,15,17). The van der Waals surface area contributed by atoms with Crippen molar-refractivity contribution in [1.29, 1.82) is 0 Å². The monoisotopic (exact) mass is 235 g/mol. The van der Waals surface area contributed by atoms with Crippen LogP contribution in [0.3, 0.4) is 0 Å². The minimum Gasteiger partial charge on any atom is -0.296 e. The third-order valence-electron chi connectivity index (χ3n) is 2.62. The zero-order valence-electron chi connectivity index (χ0n) is 10.4. The number of aliphatic imine (C=N–C) groups is 1. The number of nitrogens with zero attached hydrogens (tertiary/aromatic N) is 3. The van der Waals surface area contributed by atoms with Crippen LogP contribution in [0.2, 0.25) is 0 Å². The molecule has 0 saturated heterocycles. The van der Waals surface area contributed by atoms with Crippen molar-refractivity contribution >= 4 is 11.9 Å². The second kappa shape index (κ2) is 4.57. The number of rotatable bonds is 2. The molecule has 0 spiro atoms. The number of imidazole rings is 1. The van der Waals surface area contributed by atoms with Crippen molar-refractivity contribution in [2.75, 3.05) is 5.43 Å². The number of nitrogens with one attached hydrogen (secondary N) is 2. The molecule has 1 aliphatic rings. The van der Waals surface area contributed by atoms with Gasteiger partial charge in [-0.05, 0) is 13.3 Å². The fraction of sp³-hybridized carbons (Fsp3) is 0.545. The highest BCUT2D eigenvalue weighted by Gasteiger charge is 2.18. The van der Waals surface area contributed by atoms with Gasteiger partial charge in [0.05, 0.1) is 17.9 Å². The van der Waals surface area contributed by atoms with Gasteiger partial charge in [-0.3, -0.25) is 15.5 Å². The van der Waals surface area contributed by atoms with E-state index in [1.165, 1.54) is 6.92 Å². The van der Waals surface area contributed by atoms with Crippen LogP contribution < -0.4 is 10.7 Å². The van der Waals surface area contributed by atoms with Crippen LogP contribution in [0.1, 0.15) is 37.5 Å². The lowest BCUT2D eigenvalue weighted by atomic mass is 10.3. The van der Waals surface area contributed by atoms with E-state index in [4.69, 9.17) is 0 Å². The van der Waals surface area contributed by atoms with Gasteiger partial charge in [-0.2, -0.15) is 0 Å². The van der Waals surface area contributed by atoms with Gasteiger partial charge in [0.2, 0.25) is 11.9 Å². The number of fused-ring (bicyclic) bond motifs is 1. The number of guanidine groups is 1. The summed E-state index contributed by atoms with van der Waals surface area (Å²) in [6, 6.07) is 0. The first-order valence-electron chi connectivity index (χ1n) is 5.78. The lowest BCUT2D eigenvalue weighted by Crippen LogP contribution is -2.41. The number of hydrogen-bond donors (Lipinski definition) is 2. The smallest absolute Gasteiger partial charge is 0.223 e. The Labute approximate surface area is 100 Å². The summed E-state index contributed by atoms with van der Waals surface area (Å²) in [6.45, 7) is 6.10. The Hall–Kier alpha value is -1.85. The normalized spacial score (nSPS) is 13.7. The van der Waals surface area contributed by atoms with E-state index >= 15 is 0 Å². The van der Waals surface area contributed by atoms with Crippen LogP contribution >= 0.6 is 0 Å². The van der Waals surface area contributed by atoms with Crippen LogP contribution in [-0.2, 0) is 17.8 Å². The molecule has 2 rings (SSSR count). The molecule has 1 amide bonds. The molecular weight excluding hydrogens is 218 g/mol. The van der Waals surface area contributed by atoms with Gasteiger partial charge in [0.15, 0.2) is 0 Å². The Morgan fingerprint density at radius 3 is 3.00 bits per heavy atom. The summed E-state index contributed by atoms with van der Waals surface area (Å²) in [7, 11) is 0. The highest BCUT2D eigenvalue weighted by molar-refractivity contribution is 6.00. The van der Waals surface area contributed by atoms with Crippen molar-refractivity contribution in [2.45, 2.75) is 40.2 Å². The maximum absolute atomic E-state index is 11.0. The second-order valence-corrected chi connectivity index (χ2v) is 4.10. The first kappa shape index (κ1) is 11.6. The summed E-state index contributed by atoms with van der Waals surface area (Å²) in [4.78, 5) is 19.8. The highest BCUT2D eigenvalue weighted by Crippen LogP contribution is 2.15. The SMILES string of the molecule is CCCc1nc(C)c2n1NC(NC(C)=O)=NC2. The fourth-order valence-electron chi connectivity index (χ4n) is 1.86. The molecule has 0 fully saturated rings. The predicted octanol–water partition coefficient (Wildman–Crippen LogP) is 0.693. The number of hydrogen-bond acceptors (Lipinski definition) is 4. The molecule has 2 N–H and O–H groups in total. The summed E-state index contributed by atoms with van der Waals surface area (Å²) in [5.74, 6) is 1.34. The van der Waals surface area contributed by atoms with E-state index in [0.717, 1.165) is 30.1 Å². The second-order valence-electron chi connectivity index (χ2n) is 4.10. The molecular formula is C11H17N5O. The lowest BCUT2D eigenvalue weighted by Gasteiger charge is -2.19. The van der Waals surface area contributed by atoms with Gasteiger partial charge in [0, 0.05) is 13.3 Å². The highest BCUT2D eigenvalue weighted by atomic mass is 16.1. The summed E-state index contributed by atoms with van der Waals surface area (Å²) in [6.07, 6.45) is 1.94. The molecule has 0 aromatic carbocycles. The van der Waals surface area contributed by atoms with Gasteiger partial charge in [0.25, 0.3) is 0 Å². The third kappa shape index (κ3) is 2.30. The molecule has 0 bridgehead atoms. The summed E-state index contributed by atoms with van der Waals surface area (Å²) in [5.41, 5.74) is 5.12. The minimum atomic E-state index is -0.131. The Balaban J connectivity index is 2.24. The molecule has 1 aromatic rings. The van der Waals surface area contributed by atoms with Crippen molar-refractivity contribution in [1.82, 2.24) is 15.0 Å². The Morgan fingerprint density at radius 1 is 1.59 bits per heavy atom. The fourth-order valence-corrected chi connectivity index (χ4v) is 1.86. The van der Waals surface area contributed by atoms with Crippen molar-refractivity contribution in [3.8, 4) is 0 Å². The van der Waals surface area contributed by atoms with E-state index < -0.39 is 0 Å². The molecule has 0 atom stereocenters. The van der Waals surface area contributed by atoms with Gasteiger partial charge in [-0.25, -0.2) is 14.7 Å². The topological polar surface area (TPSA) is 71.3 Å². The molecule has 6 heteroatoms. The maximum atomic E-state index is 11.0. The van der Waals surface area contributed by atoms with Crippen molar-refractivity contribution in [3.63, 3.8) is 0 Å². The third-order valence-corrected chi connectivity index (χ3v) is 2.62. The van der Waals surface area contributed by atoms with Gasteiger partial charge in [-0.15, -0.1) is 0 Å². The summed E-state index contributed by atoms with van der Waals surface area (Å²) < 4.78 is 1.93. The number of carbonyl (C=O) groups excluding carboxylic acids is 1. The maximum Gasteiger partial charge on any atom is 0.223 e. The van der Waals surface area contributed by atoms with Crippen molar-refractivity contribution in [2.24, 2.45) is 4.99 Å². The molecule has 0 unspecified atom stereocenters. The first-order valence-corrected chi connectivity index (χ1v) is 5.78. The summed E-state index contributed by atoms with van der Waals surface area (Å²) in [5, 5.41) is 2.65. The molecule has 6 nitrogen and oxygen atoms in total. The van der Waals surface area contributed by atoms with Crippen LogP contribution in [0.15, 0.2) is 4.99 Å². The van der Waals surface area contributed by atoms with Gasteiger partial charge in [-0.1, -0.05) is 6.92 Å². The van der Waals surface area contributed by atoms with E-state index in [2.05, 4.69) is 27.6 Å². The molecule has 0 saturated carbocycles. The van der Waals surface area contributed by atoms with Crippen LogP contribution in [0, 0.1) is 6.92 Å². The first-order chi connectivity index (χ1) is 8.11. The number of aromatic nitrogens is 2. The molecule has 1 aromatic heterocycles. The molecule has 0 aliphatic carbocycles. The van der Waals surface area contributed by atoms with E-state index in [9.17, 15) is 4.79 Å². The predicted molar refractivity (Wildman–Crippen MR) is 65.3 cm³/mol. The Kier molecular flexibility index (Phi) is 3.12. The minimum absolute atomic E-state index is 0.131. The van der Waals surface area contributed by atoms with E-state index in [-0.39, 0.29) is 5.91 Å². The van der Waals surface area contributed by atoms with Crippen LogP contribution in [0.4, 0.5) is 0 Å². The van der Waals surface area contributed by atoms with E-state index in [0.29, 0.717) is 12.5 Å². The molecule has 2 heterocycles. The van der Waals surface area contributed by atoms with Crippen LogP contribution in [-0.4, -0.2) is 21.5 Å². The molecule has 0 radical (unpaired) electrons. The number of aryl methyl sites for hydroxylation is 2. The Morgan fingerprint density at radius 2 is 2.35 bits per heavy atom. The molecule has 17 heavy (non-hydrogen) atoms. The average molecular weight is 235 g/mol. The van der Waals surface area contributed by atoms with E-state index in [1.54, 1.807) is 0 Å². The quantitative estimate of drug-likeness (QED) is 0.792. The molecule has 92 valence electrons. The van der Waals surface area contributed by atoms with Crippen molar-refractivity contribution in [3.05, 3.63) is 17.2 Å². The number of carbonyl (C=O) groups is 1. The molecule has 1 aliphatic heterocycles. The van der Waals surface area contributed by atoms with Gasteiger partial charge in [0.1, 0.15) is 5.82 Å². The van der Waals surface area contributed by atoms with Crippen LogP contribution in [0.5, 0.6) is 0 Å².